The highest BCUT2D eigenvalue weighted by Gasteiger charge is 2.43. The van der Waals surface area contributed by atoms with E-state index in [9.17, 15) is 9.59 Å². The zero-order chi connectivity index (χ0) is 30.3. The number of benzene rings is 2. The third kappa shape index (κ3) is 6.78. The van der Waals surface area contributed by atoms with Gasteiger partial charge >= 0.3 is 11.9 Å². The number of halogens is 2. The minimum atomic E-state index is -1.60. The van der Waals surface area contributed by atoms with Crippen LogP contribution in [0.3, 0.4) is 0 Å². The first kappa shape index (κ1) is 30.7. The van der Waals surface area contributed by atoms with Crippen LogP contribution < -0.4 is 11.5 Å². The fourth-order valence-electron chi connectivity index (χ4n) is 4.54. The van der Waals surface area contributed by atoms with E-state index >= 15 is 0 Å². The maximum absolute atomic E-state index is 13.8. The molecule has 0 radical (unpaired) electrons. The Kier molecular flexibility index (Phi) is 9.59. The van der Waals surface area contributed by atoms with Gasteiger partial charge in [0.15, 0.2) is 11.2 Å². The van der Waals surface area contributed by atoms with Crippen molar-refractivity contribution in [3.63, 3.8) is 0 Å². The minimum Gasteiger partial charge on any atom is -0.436 e. The summed E-state index contributed by atoms with van der Waals surface area (Å²) in [6, 6.07) is 21.1. The number of hydrogen-bond acceptors (Lipinski definition) is 8. The minimum absolute atomic E-state index is 0.351. The predicted octanol–water partition coefficient (Wildman–Crippen LogP) is 6.00. The number of carbonyl (C=O) groups excluding carboxylic acids is 2. The molecule has 0 aliphatic heterocycles. The maximum Gasteiger partial charge on any atom is 0.419 e. The lowest BCUT2D eigenvalue weighted by atomic mass is 9.85. The third-order valence-corrected chi connectivity index (χ3v) is 7.32. The lowest BCUT2D eigenvalue weighted by Gasteiger charge is -2.34. The summed E-state index contributed by atoms with van der Waals surface area (Å²) in [6.07, 6.45) is 9.39. The molecule has 0 amide bonds. The van der Waals surface area contributed by atoms with Crippen LogP contribution in [0.25, 0.3) is 0 Å². The molecular formula is C32H28Br2N4O4. The highest BCUT2D eigenvalue weighted by Crippen LogP contribution is 2.39. The molecular weight excluding hydrogens is 664 g/mol. The van der Waals surface area contributed by atoms with E-state index in [4.69, 9.17) is 20.9 Å². The van der Waals surface area contributed by atoms with Crippen molar-refractivity contribution in [2.24, 2.45) is 11.5 Å². The average Bonchev–Trinajstić information content (AvgIpc) is 2.97. The van der Waals surface area contributed by atoms with Crippen LogP contribution >= 0.6 is 31.9 Å². The monoisotopic (exact) mass is 690 g/mol. The highest BCUT2D eigenvalue weighted by atomic mass is 79.9. The summed E-state index contributed by atoms with van der Waals surface area (Å²) >= 11 is 6.87. The van der Waals surface area contributed by atoms with Gasteiger partial charge in [0.05, 0.1) is 0 Å². The van der Waals surface area contributed by atoms with E-state index in [1.165, 1.54) is 0 Å². The van der Waals surface area contributed by atoms with Crippen molar-refractivity contribution in [3.8, 4) is 0 Å². The molecule has 4 aromatic rings. The summed E-state index contributed by atoms with van der Waals surface area (Å²) in [5, 5.41) is 0. The van der Waals surface area contributed by atoms with Gasteiger partial charge in [-0.3, -0.25) is 9.97 Å². The van der Waals surface area contributed by atoms with E-state index in [0.717, 1.165) is 8.95 Å². The van der Waals surface area contributed by atoms with Gasteiger partial charge in [-0.1, -0.05) is 68.3 Å². The molecule has 2 unspecified atom stereocenters. The van der Waals surface area contributed by atoms with Crippen LogP contribution in [0.5, 0.6) is 0 Å². The Balaban J connectivity index is 1.84. The Morgan fingerprint density at radius 2 is 1.00 bits per heavy atom. The van der Waals surface area contributed by atoms with Gasteiger partial charge in [0, 0.05) is 67.4 Å². The number of pyridine rings is 2. The molecule has 10 heteroatoms. The summed E-state index contributed by atoms with van der Waals surface area (Å²) in [5.74, 6) is -2.51. The van der Waals surface area contributed by atoms with Crippen molar-refractivity contribution in [1.82, 2.24) is 9.97 Å². The average molecular weight is 692 g/mol. The standard InChI is InChI=1S/C32H28Br2N4O4/c1-21(35)17-31(25-5-3-15-37-19-25,23-7-11-27(33)12-8-23)41-29(39)30(40)42-32(18-22(2)36,26-6-4-16-38-20-26)24-9-13-28(34)14-10-24/h3-20H,35-36H2,1-2H3/b21-17+,22-18+. The zero-order valence-electron chi connectivity index (χ0n) is 22.8. The molecule has 2 aromatic carbocycles. The van der Waals surface area contributed by atoms with Crippen LogP contribution in [0.2, 0.25) is 0 Å². The lowest BCUT2D eigenvalue weighted by molar-refractivity contribution is -0.178. The third-order valence-electron chi connectivity index (χ3n) is 6.26. The van der Waals surface area contributed by atoms with Crippen LogP contribution in [0.15, 0.2) is 130 Å². The van der Waals surface area contributed by atoms with Gasteiger partial charge in [-0.15, -0.1) is 0 Å². The fraction of sp³-hybridized carbons (Fsp3) is 0.125. The molecule has 0 aliphatic rings. The highest BCUT2D eigenvalue weighted by molar-refractivity contribution is 9.10. The van der Waals surface area contributed by atoms with Gasteiger partial charge in [-0.05, 0) is 62.4 Å². The van der Waals surface area contributed by atoms with Crippen LogP contribution in [-0.4, -0.2) is 21.9 Å². The number of allylic oxidation sites excluding steroid dienone is 2. The largest absolute Gasteiger partial charge is 0.436 e. The van der Waals surface area contributed by atoms with E-state index in [1.54, 1.807) is 124 Å². The van der Waals surface area contributed by atoms with E-state index in [1.807, 2.05) is 0 Å². The van der Waals surface area contributed by atoms with E-state index in [0.29, 0.717) is 33.6 Å². The summed E-state index contributed by atoms with van der Waals surface area (Å²) in [5.41, 5.74) is 11.8. The van der Waals surface area contributed by atoms with Crippen LogP contribution in [0, 0.1) is 0 Å². The van der Waals surface area contributed by atoms with Crippen LogP contribution in [0.4, 0.5) is 0 Å². The molecule has 4 N–H and O–H groups in total. The molecule has 2 aromatic heterocycles. The van der Waals surface area contributed by atoms with Gasteiger partial charge in [-0.25, -0.2) is 9.59 Å². The number of ether oxygens (including phenoxy) is 2. The summed E-state index contributed by atoms with van der Waals surface area (Å²) in [7, 11) is 0. The Labute approximate surface area is 260 Å². The van der Waals surface area contributed by atoms with Crippen LogP contribution in [-0.2, 0) is 30.3 Å². The molecule has 4 rings (SSSR count). The van der Waals surface area contributed by atoms with E-state index < -0.39 is 23.1 Å². The van der Waals surface area contributed by atoms with Crippen LogP contribution in [0.1, 0.15) is 36.1 Å². The molecule has 2 heterocycles. The second-order valence-electron chi connectivity index (χ2n) is 9.52. The predicted molar refractivity (Wildman–Crippen MR) is 166 cm³/mol. The lowest BCUT2D eigenvalue weighted by Crippen LogP contribution is -2.40. The van der Waals surface area contributed by atoms with Gasteiger partial charge in [0.2, 0.25) is 0 Å². The van der Waals surface area contributed by atoms with Gasteiger partial charge < -0.3 is 20.9 Å². The second kappa shape index (κ2) is 13.1. The van der Waals surface area contributed by atoms with Gasteiger partial charge in [0.25, 0.3) is 0 Å². The van der Waals surface area contributed by atoms with Crippen molar-refractivity contribution in [1.29, 1.82) is 0 Å². The molecule has 214 valence electrons. The quantitative estimate of drug-likeness (QED) is 0.170. The normalized spacial score (nSPS) is 14.8. The summed E-state index contributed by atoms with van der Waals surface area (Å²) in [4.78, 5) is 35.9. The number of nitrogens with zero attached hydrogens (tertiary/aromatic N) is 2. The molecule has 0 saturated carbocycles. The number of aromatic nitrogens is 2. The van der Waals surface area contributed by atoms with E-state index in [2.05, 4.69) is 41.8 Å². The number of hydrogen-bond donors (Lipinski definition) is 2. The Bertz CT molecular complexity index is 1480. The van der Waals surface area contributed by atoms with Crippen molar-refractivity contribution in [3.05, 3.63) is 152 Å². The Morgan fingerprint density at radius 3 is 1.29 bits per heavy atom. The molecule has 0 fully saturated rings. The fourth-order valence-corrected chi connectivity index (χ4v) is 5.07. The number of carbonyl (C=O) groups is 2. The molecule has 0 aliphatic carbocycles. The topological polar surface area (TPSA) is 130 Å². The van der Waals surface area contributed by atoms with Gasteiger partial charge in [-0.2, -0.15) is 0 Å². The molecule has 0 bridgehead atoms. The summed E-state index contributed by atoms with van der Waals surface area (Å²) < 4.78 is 13.7. The van der Waals surface area contributed by atoms with E-state index in [-0.39, 0.29) is 0 Å². The van der Waals surface area contributed by atoms with Crippen molar-refractivity contribution in [2.45, 2.75) is 25.0 Å². The first-order chi connectivity index (χ1) is 20.1. The molecule has 8 nitrogen and oxygen atoms in total. The second-order valence-corrected chi connectivity index (χ2v) is 11.4. The first-order valence-corrected chi connectivity index (χ1v) is 14.3. The van der Waals surface area contributed by atoms with Crippen molar-refractivity contribution < 1.29 is 19.1 Å². The summed E-state index contributed by atoms with van der Waals surface area (Å²) in [6.45, 7) is 3.32. The number of esters is 2. The molecule has 42 heavy (non-hydrogen) atoms. The van der Waals surface area contributed by atoms with Gasteiger partial charge in [0.1, 0.15) is 0 Å². The van der Waals surface area contributed by atoms with Crippen molar-refractivity contribution in [2.75, 3.05) is 0 Å². The number of nitrogens with two attached hydrogens (primary N) is 2. The Morgan fingerprint density at radius 1 is 0.643 bits per heavy atom. The Hall–Kier alpha value is -4.28. The van der Waals surface area contributed by atoms with Crippen molar-refractivity contribution >= 4 is 43.8 Å². The zero-order valence-corrected chi connectivity index (χ0v) is 26.0. The molecule has 2 atom stereocenters. The SMILES string of the molecule is C/C(N)=C\C(OC(=O)C(=O)OC(/C=C(\C)N)(c1ccc(Br)cc1)c1cccnc1)(c1ccc(Br)cc1)c1cccnc1. The first-order valence-electron chi connectivity index (χ1n) is 12.7. The molecule has 0 saturated heterocycles. The smallest absolute Gasteiger partial charge is 0.419 e. The maximum atomic E-state index is 13.8. The number of rotatable bonds is 8. The molecule has 0 spiro atoms.